The Bertz CT molecular complexity index is 882. The maximum Gasteiger partial charge on any atom is 0.242 e. The number of nitrogens with zero attached hydrogens (tertiary/aromatic N) is 1. The fourth-order valence-electron chi connectivity index (χ4n) is 3.30. The highest BCUT2D eigenvalue weighted by Gasteiger charge is 2.22. The number of hydrogen-bond acceptors (Lipinski definition) is 5. The van der Waals surface area contributed by atoms with Gasteiger partial charge < -0.3 is 25.0 Å². The van der Waals surface area contributed by atoms with Crippen molar-refractivity contribution in [1.82, 2.24) is 4.90 Å². The van der Waals surface area contributed by atoms with Crippen LogP contribution in [0.5, 0.6) is 11.5 Å². The summed E-state index contributed by atoms with van der Waals surface area (Å²) in [5.74, 6) is 1.27. The molecule has 2 aromatic carbocycles. The van der Waals surface area contributed by atoms with Crippen LogP contribution in [0, 0.1) is 0 Å². The summed E-state index contributed by atoms with van der Waals surface area (Å²) in [6.45, 7) is 2.85. The highest BCUT2D eigenvalue weighted by atomic mass is 16.5. The summed E-state index contributed by atoms with van der Waals surface area (Å²) in [6.07, 6.45) is 0.777. The standard InChI is InChI=1S/C21H25N3O4/c1-14(25)23-18-6-4-5-17(11-18)22-12-21(26)24-8-7-15-9-19(27-2)20(28-3)10-16(15)13-24/h4-6,9-11,22H,7-8,12-13H2,1-3H3,(H,23,25). The van der Waals surface area contributed by atoms with Crippen LogP contribution in [-0.4, -0.2) is 44.0 Å². The summed E-state index contributed by atoms with van der Waals surface area (Å²) >= 11 is 0. The highest BCUT2D eigenvalue weighted by molar-refractivity contribution is 5.89. The molecule has 1 aliphatic rings. The molecule has 0 bridgehead atoms. The minimum Gasteiger partial charge on any atom is -0.493 e. The maximum absolute atomic E-state index is 12.7. The van der Waals surface area contributed by atoms with E-state index in [1.54, 1.807) is 26.4 Å². The van der Waals surface area contributed by atoms with Gasteiger partial charge in [-0.15, -0.1) is 0 Å². The number of carbonyl (C=O) groups is 2. The van der Waals surface area contributed by atoms with Gasteiger partial charge in [0.15, 0.2) is 11.5 Å². The monoisotopic (exact) mass is 383 g/mol. The van der Waals surface area contributed by atoms with Crippen molar-refractivity contribution in [2.45, 2.75) is 19.9 Å². The van der Waals surface area contributed by atoms with E-state index >= 15 is 0 Å². The number of anilines is 2. The number of rotatable bonds is 6. The molecule has 0 saturated carbocycles. The molecule has 1 aliphatic heterocycles. The predicted molar refractivity (Wildman–Crippen MR) is 108 cm³/mol. The van der Waals surface area contributed by atoms with Gasteiger partial charge in [0, 0.05) is 31.4 Å². The third kappa shape index (κ3) is 4.54. The van der Waals surface area contributed by atoms with Crippen molar-refractivity contribution in [2.75, 3.05) is 37.9 Å². The van der Waals surface area contributed by atoms with E-state index in [1.165, 1.54) is 12.5 Å². The SMILES string of the molecule is COc1cc2c(cc1OC)CN(C(=O)CNc1cccc(NC(C)=O)c1)CC2. The van der Waals surface area contributed by atoms with Crippen LogP contribution in [0.1, 0.15) is 18.1 Å². The first-order chi connectivity index (χ1) is 13.5. The summed E-state index contributed by atoms with van der Waals surface area (Å²) in [5, 5.41) is 5.86. The van der Waals surface area contributed by atoms with Crippen molar-refractivity contribution in [3.05, 3.63) is 47.5 Å². The molecule has 0 fully saturated rings. The van der Waals surface area contributed by atoms with Crippen LogP contribution < -0.4 is 20.1 Å². The van der Waals surface area contributed by atoms with Crippen molar-refractivity contribution in [1.29, 1.82) is 0 Å². The van der Waals surface area contributed by atoms with Gasteiger partial charge in [0.25, 0.3) is 0 Å². The van der Waals surface area contributed by atoms with Crippen molar-refractivity contribution in [3.63, 3.8) is 0 Å². The topological polar surface area (TPSA) is 79.9 Å². The Balaban J connectivity index is 1.63. The van der Waals surface area contributed by atoms with Gasteiger partial charge in [-0.05, 0) is 47.9 Å². The number of hydrogen-bond donors (Lipinski definition) is 2. The maximum atomic E-state index is 12.7. The average molecular weight is 383 g/mol. The van der Waals surface area contributed by atoms with Crippen molar-refractivity contribution < 1.29 is 19.1 Å². The first kappa shape index (κ1) is 19.5. The van der Waals surface area contributed by atoms with Gasteiger partial charge in [-0.3, -0.25) is 9.59 Å². The molecular formula is C21H25N3O4. The Morgan fingerprint density at radius 3 is 2.39 bits per heavy atom. The van der Waals surface area contributed by atoms with E-state index in [1.807, 2.05) is 29.2 Å². The molecule has 2 amide bonds. The lowest BCUT2D eigenvalue weighted by Gasteiger charge is -2.30. The van der Waals surface area contributed by atoms with Crippen molar-refractivity contribution >= 4 is 23.2 Å². The van der Waals surface area contributed by atoms with Crippen LogP contribution in [-0.2, 0) is 22.6 Å². The van der Waals surface area contributed by atoms with E-state index in [2.05, 4.69) is 10.6 Å². The first-order valence-corrected chi connectivity index (χ1v) is 9.13. The van der Waals surface area contributed by atoms with E-state index in [-0.39, 0.29) is 18.4 Å². The predicted octanol–water partition coefficient (Wildman–Crippen LogP) is 2.66. The smallest absolute Gasteiger partial charge is 0.242 e. The second-order valence-corrected chi connectivity index (χ2v) is 6.66. The van der Waals surface area contributed by atoms with Crippen LogP contribution in [0.25, 0.3) is 0 Å². The molecule has 3 rings (SSSR count). The summed E-state index contributed by atoms with van der Waals surface area (Å²) in [7, 11) is 3.23. The molecule has 0 unspecified atom stereocenters. The zero-order valence-corrected chi connectivity index (χ0v) is 16.4. The van der Waals surface area contributed by atoms with Crippen LogP contribution >= 0.6 is 0 Å². The van der Waals surface area contributed by atoms with Crippen molar-refractivity contribution in [2.24, 2.45) is 0 Å². The number of ether oxygens (including phenoxy) is 2. The molecule has 28 heavy (non-hydrogen) atoms. The van der Waals surface area contributed by atoms with E-state index < -0.39 is 0 Å². The molecule has 148 valence electrons. The second kappa shape index (κ2) is 8.65. The number of nitrogens with one attached hydrogen (secondary N) is 2. The van der Waals surface area contributed by atoms with E-state index in [0.29, 0.717) is 30.3 Å². The highest BCUT2D eigenvalue weighted by Crippen LogP contribution is 2.33. The Hall–Kier alpha value is -3.22. The van der Waals surface area contributed by atoms with Gasteiger partial charge in [0.1, 0.15) is 0 Å². The molecular weight excluding hydrogens is 358 g/mol. The number of amides is 2. The zero-order valence-electron chi connectivity index (χ0n) is 16.4. The van der Waals surface area contributed by atoms with Gasteiger partial charge in [-0.1, -0.05) is 6.07 Å². The Morgan fingerprint density at radius 2 is 1.71 bits per heavy atom. The third-order valence-corrected chi connectivity index (χ3v) is 4.70. The Morgan fingerprint density at radius 1 is 1.04 bits per heavy atom. The van der Waals surface area contributed by atoms with Crippen LogP contribution in [0.15, 0.2) is 36.4 Å². The molecule has 0 aromatic heterocycles. The average Bonchev–Trinajstić information content (AvgIpc) is 2.70. The largest absolute Gasteiger partial charge is 0.493 e. The van der Waals surface area contributed by atoms with E-state index in [0.717, 1.165) is 17.7 Å². The third-order valence-electron chi connectivity index (χ3n) is 4.70. The summed E-state index contributed by atoms with van der Waals surface area (Å²) < 4.78 is 10.7. The summed E-state index contributed by atoms with van der Waals surface area (Å²) in [5.41, 5.74) is 3.73. The molecule has 7 heteroatoms. The van der Waals surface area contributed by atoms with Crippen molar-refractivity contribution in [3.8, 4) is 11.5 Å². The number of carbonyl (C=O) groups excluding carboxylic acids is 2. The molecule has 1 heterocycles. The fourth-order valence-corrected chi connectivity index (χ4v) is 3.30. The molecule has 2 N–H and O–H groups in total. The van der Waals surface area contributed by atoms with Gasteiger partial charge in [0.2, 0.25) is 11.8 Å². The minimum absolute atomic E-state index is 0.0189. The zero-order chi connectivity index (χ0) is 20.1. The molecule has 0 spiro atoms. The minimum atomic E-state index is -0.132. The van der Waals surface area contributed by atoms with Crippen LogP contribution in [0.4, 0.5) is 11.4 Å². The lowest BCUT2D eigenvalue weighted by Crippen LogP contribution is -2.39. The fraction of sp³-hybridized carbons (Fsp3) is 0.333. The quantitative estimate of drug-likeness (QED) is 0.802. The Labute approximate surface area is 164 Å². The Kier molecular flexibility index (Phi) is 6.03. The van der Waals surface area contributed by atoms with E-state index in [4.69, 9.17) is 9.47 Å². The van der Waals surface area contributed by atoms with E-state index in [9.17, 15) is 9.59 Å². The van der Waals surface area contributed by atoms with Crippen LogP contribution in [0.2, 0.25) is 0 Å². The number of fused-ring (bicyclic) bond motifs is 1. The molecule has 7 nitrogen and oxygen atoms in total. The normalized spacial score (nSPS) is 12.8. The summed E-state index contributed by atoms with van der Waals surface area (Å²) in [6, 6.07) is 11.2. The molecule has 2 aromatic rings. The lowest BCUT2D eigenvalue weighted by atomic mass is 9.98. The molecule has 0 radical (unpaired) electrons. The van der Waals surface area contributed by atoms with Gasteiger partial charge in [0.05, 0.1) is 20.8 Å². The van der Waals surface area contributed by atoms with Gasteiger partial charge in [-0.2, -0.15) is 0 Å². The molecule has 0 atom stereocenters. The first-order valence-electron chi connectivity index (χ1n) is 9.13. The number of benzene rings is 2. The molecule has 0 saturated heterocycles. The summed E-state index contributed by atoms with van der Waals surface area (Å²) in [4.78, 5) is 25.7. The number of methoxy groups -OCH3 is 2. The second-order valence-electron chi connectivity index (χ2n) is 6.66. The molecule has 0 aliphatic carbocycles. The van der Waals surface area contributed by atoms with Crippen LogP contribution in [0.3, 0.4) is 0 Å². The lowest BCUT2D eigenvalue weighted by molar-refractivity contribution is -0.130. The van der Waals surface area contributed by atoms with Gasteiger partial charge >= 0.3 is 0 Å². The van der Waals surface area contributed by atoms with Gasteiger partial charge in [-0.25, -0.2) is 0 Å².